The van der Waals surface area contributed by atoms with Crippen LogP contribution < -0.4 is 26.7 Å². The highest BCUT2D eigenvalue weighted by Gasteiger charge is 2.22. The van der Waals surface area contributed by atoms with Gasteiger partial charge in [0.2, 0.25) is 11.8 Å². The summed E-state index contributed by atoms with van der Waals surface area (Å²) in [5.74, 6) is -1.33. The van der Waals surface area contributed by atoms with E-state index in [1.807, 2.05) is 20.8 Å². The van der Waals surface area contributed by atoms with Crippen LogP contribution in [0.3, 0.4) is 0 Å². The number of allylic oxidation sites excluding steroid dienone is 1. The largest absolute Gasteiger partial charge is 0.486 e. The summed E-state index contributed by atoms with van der Waals surface area (Å²) in [5.41, 5.74) is 4.58. The normalized spacial score (nSPS) is 12.4. The Morgan fingerprint density at radius 1 is 1.32 bits per heavy atom. The summed E-state index contributed by atoms with van der Waals surface area (Å²) in [6, 6.07) is 4.23. The number of hydrogen-bond donors (Lipinski definition) is 5. The second kappa shape index (κ2) is 11.6. The predicted octanol–water partition coefficient (Wildman–Crippen LogP) is 2.49. The van der Waals surface area contributed by atoms with E-state index < -0.39 is 40.9 Å². The van der Waals surface area contributed by atoms with Gasteiger partial charge in [0, 0.05) is 12.3 Å². The van der Waals surface area contributed by atoms with Gasteiger partial charge in [-0.1, -0.05) is 6.08 Å². The van der Waals surface area contributed by atoms with Crippen LogP contribution in [0, 0.1) is 5.82 Å². The fraction of sp³-hybridized carbons (Fsp3) is 0.320. The minimum Gasteiger partial charge on any atom is -0.486 e. The number of aromatic nitrogens is 3. The highest BCUT2D eigenvalue weighted by molar-refractivity contribution is 5.96. The molecular weight excluding hydrogens is 499 g/mol. The fourth-order valence-corrected chi connectivity index (χ4v) is 3.60. The van der Waals surface area contributed by atoms with Gasteiger partial charge in [0.05, 0.1) is 12.1 Å². The molecule has 0 aliphatic rings. The van der Waals surface area contributed by atoms with Gasteiger partial charge in [-0.2, -0.15) is 0 Å². The number of nitrogens with one attached hydrogen (secondary N) is 3. The molecule has 202 valence electrons. The molecule has 0 fully saturated rings. The lowest BCUT2D eigenvalue weighted by Crippen LogP contribution is -2.44. The lowest BCUT2D eigenvalue weighted by Gasteiger charge is -2.21. The number of aromatic amines is 1. The van der Waals surface area contributed by atoms with Crippen LogP contribution in [-0.4, -0.2) is 49.2 Å². The molecule has 38 heavy (non-hydrogen) atoms. The molecular formula is C25H29FN6O6. The number of carbonyl (C=O) groups excluding carboxylic acids is 2. The van der Waals surface area contributed by atoms with E-state index in [-0.39, 0.29) is 30.8 Å². The van der Waals surface area contributed by atoms with Crippen LogP contribution in [-0.2, 0) is 16.1 Å². The molecule has 2 heterocycles. The van der Waals surface area contributed by atoms with Crippen molar-refractivity contribution >= 4 is 34.6 Å². The lowest BCUT2D eigenvalue weighted by atomic mass is 10.1. The second-order valence-corrected chi connectivity index (χ2v) is 9.43. The van der Waals surface area contributed by atoms with Gasteiger partial charge in [0.25, 0.3) is 5.56 Å². The van der Waals surface area contributed by atoms with Crippen molar-refractivity contribution in [3.63, 3.8) is 0 Å². The predicted molar refractivity (Wildman–Crippen MR) is 137 cm³/mol. The third-order valence-corrected chi connectivity index (χ3v) is 5.10. The molecule has 0 spiro atoms. The Hall–Kier alpha value is -4.68. The summed E-state index contributed by atoms with van der Waals surface area (Å²) in [6.45, 7) is 5.45. The first-order valence-electron chi connectivity index (χ1n) is 11.7. The van der Waals surface area contributed by atoms with Crippen molar-refractivity contribution in [3.8, 4) is 5.75 Å². The molecule has 0 aliphatic heterocycles. The van der Waals surface area contributed by atoms with Gasteiger partial charge in [-0.25, -0.2) is 14.2 Å². The van der Waals surface area contributed by atoms with Crippen LogP contribution in [0.1, 0.15) is 39.4 Å². The van der Waals surface area contributed by atoms with Crippen molar-refractivity contribution in [1.82, 2.24) is 19.9 Å². The van der Waals surface area contributed by atoms with E-state index in [1.165, 1.54) is 41.1 Å². The van der Waals surface area contributed by atoms with Gasteiger partial charge in [-0.3, -0.25) is 14.4 Å². The molecule has 3 aromatic rings. The van der Waals surface area contributed by atoms with E-state index >= 15 is 0 Å². The molecule has 0 saturated heterocycles. The topological polar surface area (TPSA) is 181 Å². The average Bonchev–Trinajstić information content (AvgIpc) is 3.19. The van der Waals surface area contributed by atoms with E-state index in [0.717, 1.165) is 6.08 Å². The molecule has 12 nitrogen and oxygen atoms in total. The number of carbonyl (C=O) groups is 3. The van der Waals surface area contributed by atoms with Gasteiger partial charge in [0.1, 0.15) is 34.5 Å². The zero-order valence-electron chi connectivity index (χ0n) is 21.1. The molecule has 3 amide bonds. The van der Waals surface area contributed by atoms with E-state index in [0.29, 0.717) is 16.9 Å². The number of carboxylic acid groups (broad SMARTS) is 1. The van der Waals surface area contributed by atoms with Crippen LogP contribution in [0.5, 0.6) is 5.75 Å². The van der Waals surface area contributed by atoms with Crippen molar-refractivity contribution in [2.75, 3.05) is 5.32 Å². The van der Waals surface area contributed by atoms with Crippen molar-refractivity contribution in [1.29, 1.82) is 0 Å². The fourth-order valence-electron chi connectivity index (χ4n) is 3.60. The number of pyridine rings is 1. The zero-order chi connectivity index (χ0) is 28.0. The van der Waals surface area contributed by atoms with Crippen molar-refractivity contribution in [2.45, 2.75) is 51.8 Å². The maximum absolute atomic E-state index is 14.1. The number of nitrogens with two attached hydrogens (primary N) is 1. The molecule has 0 saturated carbocycles. The molecule has 6 N–H and O–H groups in total. The molecule has 0 radical (unpaired) electrons. The molecule has 0 unspecified atom stereocenters. The Labute approximate surface area is 216 Å². The first-order valence-corrected chi connectivity index (χ1v) is 11.7. The Balaban J connectivity index is 1.81. The van der Waals surface area contributed by atoms with Crippen LogP contribution in [0.15, 0.2) is 47.4 Å². The minimum atomic E-state index is -1.43. The Morgan fingerprint density at radius 3 is 2.71 bits per heavy atom. The van der Waals surface area contributed by atoms with Gasteiger partial charge in [-0.15, -0.1) is 0 Å². The van der Waals surface area contributed by atoms with E-state index in [2.05, 4.69) is 20.6 Å². The van der Waals surface area contributed by atoms with Crippen molar-refractivity contribution < 1.29 is 28.6 Å². The zero-order valence-corrected chi connectivity index (χ0v) is 21.1. The van der Waals surface area contributed by atoms with Crippen LogP contribution in [0.25, 0.3) is 11.0 Å². The van der Waals surface area contributed by atoms with Crippen LogP contribution in [0.2, 0.25) is 0 Å². The Kier molecular flexibility index (Phi) is 8.50. The number of rotatable bonds is 10. The maximum Gasteiger partial charge on any atom is 0.405 e. The number of hydrogen-bond acceptors (Lipinski definition) is 6. The quantitative estimate of drug-likeness (QED) is 0.251. The lowest BCUT2D eigenvalue weighted by molar-refractivity contribution is -0.118. The first kappa shape index (κ1) is 27.9. The number of amides is 3. The number of nitrogens with zero attached hydrogens (tertiary/aromatic N) is 2. The average molecular weight is 529 g/mol. The third kappa shape index (κ3) is 7.66. The van der Waals surface area contributed by atoms with Gasteiger partial charge < -0.3 is 35.8 Å². The number of H-pyrrole nitrogens is 1. The van der Waals surface area contributed by atoms with Crippen molar-refractivity contribution in [3.05, 3.63) is 64.6 Å². The van der Waals surface area contributed by atoms with Crippen LogP contribution >= 0.6 is 0 Å². The summed E-state index contributed by atoms with van der Waals surface area (Å²) in [6.07, 6.45) is 2.80. The summed E-state index contributed by atoms with van der Waals surface area (Å²) >= 11 is 0. The monoisotopic (exact) mass is 528 g/mol. The minimum absolute atomic E-state index is 0.0252. The second-order valence-electron chi connectivity index (χ2n) is 9.43. The molecule has 0 aliphatic carbocycles. The smallest absolute Gasteiger partial charge is 0.405 e. The highest BCUT2D eigenvalue weighted by atomic mass is 19.1. The van der Waals surface area contributed by atoms with E-state index in [1.54, 1.807) is 0 Å². The summed E-state index contributed by atoms with van der Waals surface area (Å²) in [7, 11) is 0. The molecule has 1 aromatic carbocycles. The first-order chi connectivity index (χ1) is 17.8. The van der Waals surface area contributed by atoms with Gasteiger partial charge >= 0.3 is 6.09 Å². The Morgan fingerprint density at radius 2 is 2.05 bits per heavy atom. The summed E-state index contributed by atoms with van der Waals surface area (Å²) < 4.78 is 21.2. The summed E-state index contributed by atoms with van der Waals surface area (Å²) in [4.78, 5) is 55.2. The SMILES string of the molecule is CC(C)(C)Oc1cc(F)cc2[nH]c(Cn3cccc(NC(=O)[C@H](CC/C=C/C(N)=O)NC(=O)O)c3=O)nc12. The number of primary amides is 1. The number of halogens is 1. The Bertz CT molecular complexity index is 1440. The summed E-state index contributed by atoms with van der Waals surface area (Å²) in [5, 5.41) is 13.6. The van der Waals surface area contributed by atoms with Crippen LogP contribution in [0.4, 0.5) is 14.9 Å². The number of benzene rings is 1. The van der Waals surface area contributed by atoms with Gasteiger partial charge in [0.15, 0.2) is 5.75 Å². The van der Waals surface area contributed by atoms with E-state index in [4.69, 9.17) is 15.6 Å². The molecule has 1 atom stereocenters. The number of ether oxygens (including phenoxy) is 1. The standard InChI is InChI=1S/C25H29FN6O6/c1-25(2,3)38-18-12-14(26)11-17-21(18)31-20(28-17)13-32-10-6-8-16(23(32)35)29-22(34)15(30-24(36)37)7-4-5-9-19(27)33/h5-6,8-12,15,30H,4,7,13H2,1-3H3,(H2,27,33)(H,28,31)(H,29,34)(H,36,37)/b9-5+/t15-/m0/s1. The molecule has 0 bridgehead atoms. The molecule has 13 heteroatoms. The number of anilines is 1. The highest BCUT2D eigenvalue weighted by Crippen LogP contribution is 2.28. The maximum atomic E-state index is 14.1. The van der Waals surface area contributed by atoms with E-state index in [9.17, 15) is 23.6 Å². The number of imidazole rings is 1. The van der Waals surface area contributed by atoms with Gasteiger partial charge in [-0.05, 0) is 57.9 Å². The molecule has 3 rings (SSSR count). The van der Waals surface area contributed by atoms with Crippen molar-refractivity contribution in [2.24, 2.45) is 5.73 Å². The number of fused-ring (bicyclic) bond motifs is 1. The molecule has 2 aromatic heterocycles. The third-order valence-electron chi connectivity index (χ3n) is 5.10.